The molecule has 6 heterocycles. The predicted molar refractivity (Wildman–Crippen MR) is 530 cm³/mol. The molecule has 3 aliphatic heterocycles. The molecule has 0 amide bonds. The van der Waals surface area contributed by atoms with Gasteiger partial charge in [0.25, 0.3) is 0 Å². The molecule has 0 N–H and O–H groups in total. The van der Waals surface area contributed by atoms with Gasteiger partial charge in [0.2, 0.25) is 0 Å². The van der Waals surface area contributed by atoms with E-state index in [4.69, 9.17) is 15.0 Å². The lowest BCUT2D eigenvalue weighted by Crippen LogP contribution is -2.33. The first-order chi connectivity index (χ1) is 62.5. The number of rotatable bonds is 9. The molecule has 9 nitrogen and oxygen atoms in total. The van der Waals surface area contributed by atoms with E-state index in [0.29, 0.717) is 0 Å². The highest BCUT2D eigenvalue weighted by Crippen LogP contribution is 2.58. The van der Waals surface area contributed by atoms with E-state index >= 15 is 13.7 Å². The molecule has 28 rings (SSSR count). The van der Waals surface area contributed by atoms with E-state index in [1.54, 1.807) is 0 Å². The lowest BCUT2D eigenvalue weighted by atomic mass is 9.66. The molecule has 17 aromatic carbocycles. The van der Waals surface area contributed by atoms with Crippen LogP contribution in [0.2, 0.25) is 0 Å². The number of hydrogen-bond acceptors (Lipinski definition) is 6. The molecule has 8 aliphatic rings. The van der Waals surface area contributed by atoms with Crippen LogP contribution in [0.25, 0.3) is 154 Å². The predicted octanol–water partition coefficient (Wildman–Crippen LogP) is 24.4. The largest absolute Gasteiger partial charge is 0.308 e. The minimum absolute atomic E-state index is 0.248. The minimum Gasteiger partial charge on any atom is -0.308 e. The Balaban J connectivity index is 0.000000101. The van der Waals surface area contributed by atoms with Crippen LogP contribution in [-0.4, -0.2) is 28.7 Å². The summed E-state index contributed by atoms with van der Waals surface area (Å²) in [4.78, 5) is 14.9. The number of aromatic nitrogens is 6. The number of fused-ring (bicyclic) bond motifs is 11. The van der Waals surface area contributed by atoms with Gasteiger partial charge in [-0.1, -0.05) is 318 Å². The minimum atomic E-state index is -3.22. The molecule has 20 aromatic rings. The van der Waals surface area contributed by atoms with E-state index in [0.717, 1.165) is 169 Å². The lowest BCUT2D eigenvalue weighted by Gasteiger charge is -2.37. The zero-order valence-electron chi connectivity index (χ0n) is 69.9. The Kier molecular flexibility index (Phi) is 16.2. The van der Waals surface area contributed by atoms with Crippen molar-refractivity contribution in [3.63, 3.8) is 0 Å². The normalized spacial score (nSPS) is 18.3. The van der Waals surface area contributed by atoms with Crippen LogP contribution in [0.15, 0.2) is 398 Å². The molecule has 4 atom stereocenters. The summed E-state index contributed by atoms with van der Waals surface area (Å²) in [7, 11) is -9.58. The molecular formula is C115H79N6O3P3. The van der Waals surface area contributed by atoms with Crippen molar-refractivity contribution in [2.75, 3.05) is 0 Å². The van der Waals surface area contributed by atoms with Crippen LogP contribution in [0.4, 0.5) is 0 Å². The van der Waals surface area contributed by atoms with E-state index in [9.17, 15) is 0 Å². The summed E-state index contributed by atoms with van der Waals surface area (Å²) in [6.07, 6.45) is 21.5. The zero-order chi connectivity index (χ0) is 84.5. The Morgan fingerprint density at radius 2 is 0.748 bits per heavy atom. The number of benzene rings is 17. The maximum Gasteiger partial charge on any atom is 0.175 e. The smallest absolute Gasteiger partial charge is 0.175 e. The molecule has 0 spiro atoms. The first-order valence-electron chi connectivity index (χ1n) is 44.1. The van der Waals surface area contributed by atoms with Crippen LogP contribution in [0, 0.1) is 5.92 Å². The van der Waals surface area contributed by atoms with Crippen LogP contribution in [0.3, 0.4) is 0 Å². The molecule has 127 heavy (non-hydrogen) atoms. The van der Waals surface area contributed by atoms with Crippen LogP contribution in [0.5, 0.6) is 0 Å². The molecule has 0 bridgehead atoms. The third-order valence-electron chi connectivity index (χ3n) is 28.0. The fourth-order valence-corrected chi connectivity index (χ4v) is 31.7. The van der Waals surface area contributed by atoms with Gasteiger partial charge in [-0.25, -0.2) is 15.0 Å². The van der Waals surface area contributed by atoms with E-state index in [2.05, 4.69) is 265 Å². The molecule has 0 saturated heterocycles. The van der Waals surface area contributed by atoms with Crippen molar-refractivity contribution in [2.24, 2.45) is 5.92 Å². The fourth-order valence-electron chi connectivity index (χ4n) is 22.6. The van der Waals surface area contributed by atoms with Crippen molar-refractivity contribution in [2.45, 2.75) is 46.5 Å². The summed E-state index contributed by atoms with van der Waals surface area (Å²) in [5.74, 6) is 3.22. The number of para-hydroxylation sites is 3. The first-order valence-corrected chi connectivity index (χ1v) is 49.3. The number of nitrogens with zero attached hydrogens (tertiary/aromatic N) is 6. The highest BCUT2D eigenvalue weighted by Gasteiger charge is 2.45. The zero-order valence-corrected chi connectivity index (χ0v) is 72.6. The number of hydrogen-bond donors (Lipinski definition) is 0. The van der Waals surface area contributed by atoms with Crippen molar-refractivity contribution >= 4 is 162 Å². The number of imidazole rings is 3. The first kappa shape index (κ1) is 74.0. The van der Waals surface area contributed by atoms with Gasteiger partial charge >= 0.3 is 0 Å². The lowest BCUT2D eigenvalue weighted by molar-refractivity contribution is 0.591. The van der Waals surface area contributed by atoms with Gasteiger partial charge in [-0.3, -0.25) is 13.7 Å². The second kappa shape index (κ2) is 27.8. The van der Waals surface area contributed by atoms with Crippen LogP contribution >= 0.6 is 21.4 Å². The molecule has 5 aliphatic carbocycles. The van der Waals surface area contributed by atoms with Gasteiger partial charge in [0, 0.05) is 72.9 Å². The topological polar surface area (TPSA) is 105 Å². The number of allylic oxidation sites excluding steroid dienone is 14. The van der Waals surface area contributed by atoms with E-state index < -0.39 is 21.4 Å². The second-order valence-corrected chi connectivity index (χ2v) is 42.5. The van der Waals surface area contributed by atoms with Crippen molar-refractivity contribution in [3.05, 3.63) is 421 Å². The summed E-state index contributed by atoms with van der Waals surface area (Å²) in [5.41, 5.74) is 27.3. The van der Waals surface area contributed by atoms with Crippen LogP contribution < -0.4 is 47.7 Å². The maximum atomic E-state index is 15.8. The van der Waals surface area contributed by atoms with E-state index in [-0.39, 0.29) is 5.92 Å². The Bertz CT molecular complexity index is 8650. The van der Waals surface area contributed by atoms with E-state index in [1.807, 2.05) is 140 Å². The summed E-state index contributed by atoms with van der Waals surface area (Å²) >= 11 is 0. The van der Waals surface area contributed by atoms with Crippen LogP contribution in [-0.2, 0) is 33.0 Å². The van der Waals surface area contributed by atoms with Gasteiger partial charge in [0.05, 0.1) is 50.2 Å². The maximum absolute atomic E-state index is 15.8. The highest BCUT2D eigenvalue weighted by molar-refractivity contribution is 7.87. The van der Waals surface area contributed by atoms with Crippen molar-refractivity contribution in [3.8, 4) is 61.6 Å². The monoisotopic (exact) mass is 1680 g/mol. The van der Waals surface area contributed by atoms with Gasteiger partial charge in [-0.05, 0) is 217 Å². The molecule has 3 aromatic heterocycles. The van der Waals surface area contributed by atoms with Crippen molar-refractivity contribution in [1.82, 2.24) is 28.7 Å². The van der Waals surface area contributed by atoms with Gasteiger partial charge in [-0.2, -0.15) is 0 Å². The standard InChI is InChI=1S/C41H27N2OP.C37H27N2OP.C37H25N2OP/c1-2-38-42-34-18-9-19-36-41(34)43(38)35-23-20-26(24-37(35)45(36,44)27-12-4-3-5-13-27)28-21-22-33-31-15-7-11-25-10-6-14-30(39(25)31)32-17-8-16-29(28)40(32)33;1-2-34-38-30-15-8-16-32-37(30)39(34)31-20-19-25(22-33(31)41(32,40)27-12-4-3-5-13-27)29-21-26-11-6-9-23-17-18-24-10-7-14-28(29)36(24)35(23)26;1-2-35-38-31-16-9-17-33-37(31)39(35)32-21-18-23(22-34(32)41(33,40)24-10-4-3-5-11-24)25-19-20-30-27-13-7-6-12-26(27)29-15-8-14-28(25)36(29)30/h3-24H,2H2,1H3;3-10,12-22,36H,2,11H2,1H3;3-22H,2H2,1H3. The third kappa shape index (κ3) is 10.3. The Morgan fingerprint density at radius 3 is 1.26 bits per heavy atom. The average Bonchev–Trinajstić information content (AvgIpc) is 1.62. The molecule has 602 valence electrons. The van der Waals surface area contributed by atoms with Gasteiger partial charge in [0.15, 0.2) is 21.4 Å². The van der Waals surface area contributed by atoms with Crippen molar-refractivity contribution < 1.29 is 13.7 Å². The van der Waals surface area contributed by atoms with E-state index in [1.165, 1.54) is 110 Å². The van der Waals surface area contributed by atoms with Gasteiger partial charge < -0.3 is 13.7 Å². The highest BCUT2D eigenvalue weighted by atomic mass is 31.2. The van der Waals surface area contributed by atoms with Gasteiger partial charge in [0.1, 0.15) is 17.5 Å². The summed E-state index contributed by atoms with van der Waals surface area (Å²) in [5, 5.41) is 20.5. The summed E-state index contributed by atoms with van der Waals surface area (Å²) in [6.45, 7) is 6.41. The third-order valence-corrected chi connectivity index (χ3v) is 37.4. The van der Waals surface area contributed by atoms with Crippen LogP contribution in [0.1, 0.15) is 50.2 Å². The molecule has 0 saturated carbocycles. The molecular weight excluding hydrogens is 1610 g/mol. The molecule has 0 radical (unpaired) electrons. The Morgan fingerprint density at radius 1 is 0.339 bits per heavy atom. The van der Waals surface area contributed by atoms with Crippen molar-refractivity contribution in [1.29, 1.82) is 0 Å². The Hall–Kier alpha value is -14.4. The molecule has 0 fully saturated rings. The summed E-state index contributed by atoms with van der Waals surface area (Å²) < 4.78 is 53.9. The fraction of sp³-hybridized carbons (Fsp3) is 0.0696. The summed E-state index contributed by atoms with van der Waals surface area (Å²) in [6, 6.07) is 112. The average molecular weight is 1690 g/mol. The SMILES string of the molecule is CCc1nc2cccc3c2n1-c1ccc(-c2ccc4c5c(cccc25)-c2ccccc2-4)cc1P3(=O)c1ccccc1.CCc1nc2cccc3c2n1-c1ccc(-c2ccc4c5cccc6cccc(c7cccc2c74)c65)cc1P3(=O)c1ccccc1.CCc1nc2cccc3c2n1-c1ccc(C2=C4C=CC=C5C=CC6=C(C(=C2)CC=C6)C54)cc1P3(=O)c1ccccc1. The Labute approximate surface area is 733 Å². The molecule has 12 heteroatoms. The van der Waals surface area contributed by atoms with Gasteiger partial charge in [-0.15, -0.1) is 0 Å². The molecule has 4 unspecified atom stereocenters. The quantitative estimate of drug-likeness (QED) is 0.0810. The number of aryl methyl sites for hydroxylation is 3. The second-order valence-electron chi connectivity index (χ2n) is 34.4.